The molecule has 0 amide bonds. The number of nitrogens with two attached hydrogens (primary N) is 1. The molecule has 0 saturated carbocycles. The molecule has 0 aromatic carbocycles. The largest absolute Gasteiger partial charge is 0.395 e. The van der Waals surface area contributed by atoms with Crippen LogP contribution < -0.4 is 11.4 Å². The summed E-state index contributed by atoms with van der Waals surface area (Å²) in [4.78, 5) is 14.1. The molecular weight excluding hydrogens is 165 g/mol. The van der Waals surface area contributed by atoms with Gasteiger partial charge in [-0.25, -0.2) is 9.18 Å². The minimum Gasteiger partial charge on any atom is -0.395 e. The predicted octanol–water partition coefficient (Wildman–Crippen LogP) is -1.04. The van der Waals surface area contributed by atoms with Crippen molar-refractivity contribution in [3.63, 3.8) is 0 Å². The lowest BCUT2D eigenvalue weighted by Crippen LogP contribution is -2.25. The van der Waals surface area contributed by atoms with Crippen LogP contribution in [0.4, 0.5) is 10.2 Å². The SMILES string of the molecule is Nc1nc(=O)n(CCO)cc1F. The van der Waals surface area contributed by atoms with Gasteiger partial charge in [0.25, 0.3) is 0 Å². The van der Waals surface area contributed by atoms with E-state index in [9.17, 15) is 9.18 Å². The molecule has 0 spiro atoms. The zero-order valence-corrected chi connectivity index (χ0v) is 6.20. The summed E-state index contributed by atoms with van der Waals surface area (Å²) in [6, 6.07) is 0. The van der Waals surface area contributed by atoms with E-state index in [1.165, 1.54) is 0 Å². The maximum atomic E-state index is 12.7. The second-order valence-electron chi connectivity index (χ2n) is 2.17. The summed E-state index contributed by atoms with van der Waals surface area (Å²) in [7, 11) is 0. The molecule has 3 N–H and O–H groups in total. The monoisotopic (exact) mass is 173 g/mol. The van der Waals surface area contributed by atoms with E-state index in [1.807, 2.05) is 0 Å². The van der Waals surface area contributed by atoms with Gasteiger partial charge in [-0.15, -0.1) is 0 Å². The Kier molecular flexibility index (Phi) is 2.39. The van der Waals surface area contributed by atoms with E-state index in [0.29, 0.717) is 0 Å². The Morgan fingerprint density at radius 2 is 2.42 bits per heavy atom. The first kappa shape index (κ1) is 8.66. The van der Waals surface area contributed by atoms with Crippen LogP contribution in [0.5, 0.6) is 0 Å². The van der Waals surface area contributed by atoms with Crippen LogP contribution in [-0.2, 0) is 6.54 Å². The Balaban J connectivity index is 3.14. The van der Waals surface area contributed by atoms with Crippen molar-refractivity contribution in [2.45, 2.75) is 6.54 Å². The van der Waals surface area contributed by atoms with Crippen LogP contribution in [0.1, 0.15) is 0 Å². The van der Waals surface area contributed by atoms with E-state index in [-0.39, 0.29) is 13.2 Å². The number of aliphatic hydroxyl groups is 1. The third kappa shape index (κ3) is 1.59. The quantitative estimate of drug-likeness (QED) is 0.598. The lowest BCUT2D eigenvalue weighted by atomic mass is 10.5. The van der Waals surface area contributed by atoms with E-state index < -0.39 is 17.3 Å². The van der Waals surface area contributed by atoms with E-state index in [2.05, 4.69) is 4.98 Å². The fraction of sp³-hybridized carbons (Fsp3) is 0.333. The second-order valence-corrected chi connectivity index (χ2v) is 2.17. The van der Waals surface area contributed by atoms with Gasteiger partial charge in [-0.2, -0.15) is 4.98 Å². The number of aromatic nitrogens is 2. The Hall–Kier alpha value is -1.43. The summed E-state index contributed by atoms with van der Waals surface area (Å²) < 4.78 is 13.6. The van der Waals surface area contributed by atoms with Crippen molar-refractivity contribution >= 4 is 5.82 Å². The fourth-order valence-electron chi connectivity index (χ4n) is 0.747. The Bertz CT molecular complexity index is 336. The van der Waals surface area contributed by atoms with Crippen LogP contribution in [0.2, 0.25) is 0 Å². The van der Waals surface area contributed by atoms with Crippen LogP contribution in [0.25, 0.3) is 0 Å². The fourth-order valence-corrected chi connectivity index (χ4v) is 0.747. The van der Waals surface area contributed by atoms with Gasteiger partial charge in [0.15, 0.2) is 11.6 Å². The molecule has 0 aliphatic carbocycles. The highest BCUT2D eigenvalue weighted by molar-refractivity contribution is 5.26. The third-order valence-electron chi connectivity index (χ3n) is 1.32. The van der Waals surface area contributed by atoms with Crippen molar-refractivity contribution in [3.05, 3.63) is 22.5 Å². The predicted molar refractivity (Wildman–Crippen MR) is 40.0 cm³/mol. The van der Waals surface area contributed by atoms with E-state index in [0.717, 1.165) is 10.8 Å². The van der Waals surface area contributed by atoms with Gasteiger partial charge in [0.2, 0.25) is 0 Å². The van der Waals surface area contributed by atoms with Gasteiger partial charge in [-0.3, -0.25) is 4.57 Å². The molecule has 0 aliphatic rings. The summed E-state index contributed by atoms with van der Waals surface area (Å²) in [5, 5.41) is 8.46. The summed E-state index contributed by atoms with van der Waals surface area (Å²) >= 11 is 0. The summed E-state index contributed by atoms with van der Waals surface area (Å²) in [5.41, 5.74) is 4.36. The van der Waals surface area contributed by atoms with Crippen LogP contribution in [0.15, 0.2) is 11.0 Å². The molecule has 0 aliphatic heterocycles. The Morgan fingerprint density at radius 3 is 3.00 bits per heavy atom. The first-order chi connectivity index (χ1) is 5.65. The van der Waals surface area contributed by atoms with Crippen molar-refractivity contribution in [3.8, 4) is 0 Å². The van der Waals surface area contributed by atoms with E-state index >= 15 is 0 Å². The van der Waals surface area contributed by atoms with Crippen molar-refractivity contribution in [2.75, 3.05) is 12.3 Å². The van der Waals surface area contributed by atoms with Crippen molar-refractivity contribution in [1.29, 1.82) is 0 Å². The normalized spacial score (nSPS) is 10.2. The summed E-state index contributed by atoms with van der Waals surface area (Å²) in [6.45, 7) is -0.228. The van der Waals surface area contributed by atoms with Gasteiger partial charge in [0.1, 0.15) is 0 Å². The molecule has 0 unspecified atom stereocenters. The van der Waals surface area contributed by atoms with Crippen molar-refractivity contribution in [2.24, 2.45) is 0 Å². The summed E-state index contributed by atoms with van der Waals surface area (Å²) in [6.07, 6.45) is 0.918. The molecule has 6 heteroatoms. The Labute approximate surface area is 67.3 Å². The standard InChI is InChI=1S/C6H8FN3O2/c7-4-3-10(1-2-11)6(12)9-5(4)8/h3,11H,1-2H2,(H2,8,9,12). The molecule has 1 rings (SSSR count). The van der Waals surface area contributed by atoms with Crippen LogP contribution >= 0.6 is 0 Å². The summed E-state index contributed by atoms with van der Waals surface area (Å²) in [5.74, 6) is -1.18. The third-order valence-corrected chi connectivity index (χ3v) is 1.32. The molecule has 66 valence electrons. The van der Waals surface area contributed by atoms with Gasteiger partial charge >= 0.3 is 5.69 Å². The molecule has 0 radical (unpaired) electrons. The lowest BCUT2D eigenvalue weighted by Gasteiger charge is -2.02. The zero-order valence-electron chi connectivity index (χ0n) is 6.20. The number of halogens is 1. The number of hydrogen-bond acceptors (Lipinski definition) is 4. The van der Waals surface area contributed by atoms with Gasteiger partial charge in [0, 0.05) is 6.20 Å². The van der Waals surface area contributed by atoms with Crippen molar-refractivity contribution in [1.82, 2.24) is 9.55 Å². The molecule has 0 atom stereocenters. The highest BCUT2D eigenvalue weighted by atomic mass is 19.1. The number of nitrogen functional groups attached to an aromatic ring is 1. The molecule has 12 heavy (non-hydrogen) atoms. The number of hydrogen-bond donors (Lipinski definition) is 2. The van der Waals surface area contributed by atoms with Crippen LogP contribution in [0.3, 0.4) is 0 Å². The number of nitrogens with zero attached hydrogens (tertiary/aromatic N) is 2. The van der Waals surface area contributed by atoms with Gasteiger partial charge in [0.05, 0.1) is 13.2 Å². The average Bonchev–Trinajstić information content (AvgIpc) is 2.01. The van der Waals surface area contributed by atoms with Crippen molar-refractivity contribution < 1.29 is 9.50 Å². The first-order valence-electron chi connectivity index (χ1n) is 3.28. The molecule has 1 heterocycles. The molecule has 0 bridgehead atoms. The molecule has 5 nitrogen and oxygen atoms in total. The maximum absolute atomic E-state index is 12.7. The van der Waals surface area contributed by atoms with Gasteiger partial charge < -0.3 is 10.8 Å². The molecule has 1 aromatic heterocycles. The highest BCUT2D eigenvalue weighted by Gasteiger charge is 2.03. The van der Waals surface area contributed by atoms with Gasteiger partial charge in [-0.05, 0) is 0 Å². The Morgan fingerprint density at radius 1 is 1.75 bits per heavy atom. The second kappa shape index (κ2) is 3.31. The maximum Gasteiger partial charge on any atom is 0.349 e. The average molecular weight is 173 g/mol. The molecule has 0 fully saturated rings. The minimum atomic E-state index is -0.761. The van der Waals surface area contributed by atoms with E-state index in [1.54, 1.807) is 0 Å². The van der Waals surface area contributed by atoms with Crippen LogP contribution in [0, 0.1) is 5.82 Å². The minimum absolute atomic E-state index is 0.0169. The first-order valence-corrected chi connectivity index (χ1v) is 3.28. The number of rotatable bonds is 2. The molecular formula is C6H8FN3O2. The van der Waals surface area contributed by atoms with Gasteiger partial charge in [-0.1, -0.05) is 0 Å². The van der Waals surface area contributed by atoms with E-state index in [4.69, 9.17) is 10.8 Å². The highest BCUT2D eigenvalue weighted by Crippen LogP contribution is 1.99. The van der Waals surface area contributed by atoms with Crippen LogP contribution in [-0.4, -0.2) is 21.3 Å². The lowest BCUT2D eigenvalue weighted by molar-refractivity contribution is 0.272. The number of anilines is 1. The smallest absolute Gasteiger partial charge is 0.349 e. The molecule has 0 saturated heterocycles. The topological polar surface area (TPSA) is 81.1 Å². The molecule has 1 aromatic rings. The number of aliphatic hydroxyl groups excluding tert-OH is 1. The zero-order chi connectivity index (χ0) is 9.14.